The third-order valence-electron chi connectivity index (χ3n) is 3.28. The van der Waals surface area contributed by atoms with E-state index in [1.165, 1.54) is 22.3 Å². The lowest BCUT2D eigenvalue weighted by atomic mass is 10.0. The van der Waals surface area contributed by atoms with Crippen molar-refractivity contribution >= 4 is 0 Å². The second kappa shape index (κ2) is 4.70. The summed E-state index contributed by atoms with van der Waals surface area (Å²) in [6, 6.07) is 4.46. The molecule has 1 aromatic heterocycles. The van der Waals surface area contributed by atoms with Gasteiger partial charge in [0.1, 0.15) is 0 Å². The molecule has 2 rings (SSSR count). The summed E-state index contributed by atoms with van der Waals surface area (Å²) in [6.45, 7) is 9.37. The Morgan fingerprint density at radius 1 is 1.12 bits per heavy atom. The molecule has 90 valence electrons. The molecule has 17 heavy (non-hydrogen) atoms. The van der Waals surface area contributed by atoms with Crippen molar-refractivity contribution in [3.8, 4) is 0 Å². The number of rotatable bonds is 3. The SMILES string of the molecule is CCc1cn(Cc2cc(C)c(C)c(C)c2)nn1. The highest BCUT2D eigenvalue weighted by Gasteiger charge is 2.03. The smallest absolute Gasteiger partial charge is 0.0824 e. The van der Waals surface area contributed by atoms with E-state index in [4.69, 9.17) is 0 Å². The fourth-order valence-corrected chi connectivity index (χ4v) is 1.98. The molecule has 0 aliphatic rings. The molecule has 0 saturated heterocycles. The van der Waals surface area contributed by atoms with Crippen LogP contribution < -0.4 is 0 Å². The maximum Gasteiger partial charge on any atom is 0.0824 e. The summed E-state index contributed by atoms with van der Waals surface area (Å²) < 4.78 is 1.91. The molecule has 0 aliphatic carbocycles. The highest BCUT2D eigenvalue weighted by atomic mass is 15.4. The first-order chi connectivity index (χ1) is 8.10. The van der Waals surface area contributed by atoms with Gasteiger partial charge in [0, 0.05) is 6.20 Å². The Kier molecular flexibility index (Phi) is 3.27. The van der Waals surface area contributed by atoms with Crippen molar-refractivity contribution in [3.63, 3.8) is 0 Å². The number of hydrogen-bond donors (Lipinski definition) is 0. The molecular weight excluding hydrogens is 210 g/mol. The van der Waals surface area contributed by atoms with E-state index >= 15 is 0 Å². The largest absolute Gasteiger partial charge is 0.248 e. The van der Waals surface area contributed by atoms with Crippen LogP contribution in [0.1, 0.15) is 34.9 Å². The number of aromatic nitrogens is 3. The molecule has 1 heterocycles. The van der Waals surface area contributed by atoms with E-state index in [-0.39, 0.29) is 0 Å². The standard InChI is InChI=1S/C14H19N3/c1-5-14-9-17(16-15-14)8-13-6-10(2)12(4)11(3)7-13/h6-7,9H,5,8H2,1-4H3. The molecule has 0 atom stereocenters. The van der Waals surface area contributed by atoms with Crippen molar-refractivity contribution in [2.24, 2.45) is 0 Å². The zero-order valence-corrected chi connectivity index (χ0v) is 11.0. The molecule has 0 aliphatic heterocycles. The first kappa shape index (κ1) is 11.8. The number of benzene rings is 1. The van der Waals surface area contributed by atoms with Gasteiger partial charge >= 0.3 is 0 Å². The van der Waals surface area contributed by atoms with Gasteiger partial charge in [-0.25, -0.2) is 4.68 Å². The third kappa shape index (κ3) is 2.54. The molecule has 0 N–H and O–H groups in total. The lowest BCUT2D eigenvalue weighted by Crippen LogP contribution is -2.02. The summed E-state index contributed by atoms with van der Waals surface area (Å²) in [4.78, 5) is 0. The van der Waals surface area contributed by atoms with Crippen LogP contribution in [0.15, 0.2) is 18.3 Å². The number of nitrogens with zero attached hydrogens (tertiary/aromatic N) is 3. The van der Waals surface area contributed by atoms with E-state index in [1.54, 1.807) is 0 Å². The quantitative estimate of drug-likeness (QED) is 0.810. The maximum absolute atomic E-state index is 4.13. The van der Waals surface area contributed by atoms with E-state index in [9.17, 15) is 0 Å². The molecule has 3 heteroatoms. The van der Waals surface area contributed by atoms with E-state index in [0.29, 0.717) is 0 Å². The van der Waals surface area contributed by atoms with Gasteiger partial charge in [0.25, 0.3) is 0 Å². The van der Waals surface area contributed by atoms with Gasteiger partial charge in [-0.3, -0.25) is 0 Å². The minimum absolute atomic E-state index is 0.801. The van der Waals surface area contributed by atoms with Crippen LogP contribution in [-0.4, -0.2) is 15.0 Å². The first-order valence-electron chi connectivity index (χ1n) is 6.06. The van der Waals surface area contributed by atoms with Crippen LogP contribution in [0.4, 0.5) is 0 Å². The van der Waals surface area contributed by atoms with Crippen LogP contribution in [0.25, 0.3) is 0 Å². The van der Waals surface area contributed by atoms with Gasteiger partial charge in [0.2, 0.25) is 0 Å². The predicted molar refractivity (Wildman–Crippen MR) is 69.2 cm³/mol. The average molecular weight is 229 g/mol. The van der Waals surface area contributed by atoms with E-state index < -0.39 is 0 Å². The third-order valence-corrected chi connectivity index (χ3v) is 3.28. The van der Waals surface area contributed by atoms with Crippen molar-refractivity contribution in [3.05, 3.63) is 46.3 Å². The van der Waals surface area contributed by atoms with Gasteiger partial charge in [-0.2, -0.15) is 0 Å². The Morgan fingerprint density at radius 2 is 1.76 bits per heavy atom. The predicted octanol–water partition coefficient (Wildman–Crippen LogP) is 2.81. The Morgan fingerprint density at radius 3 is 2.29 bits per heavy atom. The van der Waals surface area contributed by atoms with Gasteiger partial charge in [-0.1, -0.05) is 24.3 Å². The Balaban J connectivity index is 2.24. The minimum atomic E-state index is 0.801. The van der Waals surface area contributed by atoms with Gasteiger partial charge in [0.05, 0.1) is 12.2 Å². The molecule has 2 aromatic rings. The Bertz CT molecular complexity index is 503. The lowest BCUT2D eigenvalue weighted by molar-refractivity contribution is 0.648. The molecule has 0 fully saturated rings. The summed E-state index contributed by atoms with van der Waals surface area (Å²) in [5.74, 6) is 0. The topological polar surface area (TPSA) is 30.7 Å². The molecular formula is C14H19N3. The molecule has 0 spiro atoms. The molecule has 1 aromatic carbocycles. The summed E-state index contributed by atoms with van der Waals surface area (Å²) in [5.41, 5.74) is 6.40. The van der Waals surface area contributed by atoms with Crippen molar-refractivity contribution in [1.29, 1.82) is 0 Å². The van der Waals surface area contributed by atoms with Gasteiger partial charge in [-0.05, 0) is 49.4 Å². The van der Waals surface area contributed by atoms with Crippen molar-refractivity contribution in [2.45, 2.75) is 40.7 Å². The van der Waals surface area contributed by atoms with Gasteiger partial charge < -0.3 is 0 Å². The lowest BCUT2D eigenvalue weighted by Gasteiger charge is -2.08. The molecule has 3 nitrogen and oxygen atoms in total. The van der Waals surface area contributed by atoms with Crippen LogP contribution in [0.5, 0.6) is 0 Å². The Hall–Kier alpha value is -1.64. The summed E-state index contributed by atoms with van der Waals surface area (Å²) in [7, 11) is 0. The summed E-state index contributed by atoms with van der Waals surface area (Å²) >= 11 is 0. The first-order valence-corrected chi connectivity index (χ1v) is 6.06. The van der Waals surface area contributed by atoms with E-state index in [2.05, 4.69) is 50.1 Å². The zero-order valence-electron chi connectivity index (χ0n) is 11.0. The van der Waals surface area contributed by atoms with Gasteiger partial charge in [0.15, 0.2) is 0 Å². The fraction of sp³-hybridized carbons (Fsp3) is 0.429. The minimum Gasteiger partial charge on any atom is -0.248 e. The normalized spacial score (nSPS) is 10.8. The maximum atomic E-state index is 4.13. The summed E-state index contributed by atoms with van der Waals surface area (Å²) in [5, 5.41) is 8.24. The molecule has 0 saturated carbocycles. The second-order valence-corrected chi connectivity index (χ2v) is 4.62. The van der Waals surface area contributed by atoms with Crippen molar-refractivity contribution < 1.29 is 0 Å². The fourth-order valence-electron chi connectivity index (χ4n) is 1.98. The van der Waals surface area contributed by atoms with Crippen molar-refractivity contribution in [2.75, 3.05) is 0 Å². The molecule has 0 bridgehead atoms. The molecule has 0 radical (unpaired) electrons. The zero-order chi connectivity index (χ0) is 12.4. The second-order valence-electron chi connectivity index (χ2n) is 4.62. The van der Waals surface area contributed by atoms with E-state index in [0.717, 1.165) is 18.7 Å². The molecule has 0 unspecified atom stereocenters. The van der Waals surface area contributed by atoms with Crippen LogP contribution in [-0.2, 0) is 13.0 Å². The highest BCUT2D eigenvalue weighted by Crippen LogP contribution is 2.16. The van der Waals surface area contributed by atoms with Crippen LogP contribution in [0, 0.1) is 20.8 Å². The average Bonchev–Trinajstić information content (AvgIpc) is 2.73. The monoisotopic (exact) mass is 229 g/mol. The van der Waals surface area contributed by atoms with Crippen LogP contribution >= 0.6 is 0 Å². The number of hydrogen-bond acceptors (Lipinski definition) is 2. The van der Waals surface area contributed by atoms with Gasteiger partial charge in [-0.15, -0.1) is 5.10 Å². The Labute approximate surface area is 102 Å². The highest BCUT2D eigenvalue weighted by molar-refractivity contribution is 5.36. The van der Waals surface area contributed by atoms with E-state index in [1.807, 2.05) is 10.9 Å². The number of aryl methyl sites for hydroxylation is 3. The summed E-state index contributed by atoms with van der Waals surface area (Å²) in [6.07, 6.45) is 2.95. The van der Waals surface area contributed by atoms with Crippen LogP contribution in [0.2, 0.25) is 0 Å². The van der Waals surface area contributed by atoms with Crippen LogP contribution in [0.3, 0.4) is 0 Å². The molecule has 0 amide bonds. The van der Waals surface area contributed by atoms with Crippen molar-refractivity contribution in [1.82, 2.24) is 15.0 Å².